The summed E-state index contributed by atoms with van der Waals surface area (Å²) in [6.07, 6.45) is 0.841. The zero-order valence-electron chi connectivity index (χ0n) is 18.0. The van der Waals surface area contributed by atoms with Crippen LogP contribution in [0.25, 0.3) is 0 Å². The minimum Gasteiger partial charge on any atom is -0.497 e. The fourth-order valence-corrected chi connectivity index (χ4v) is 2.57. The third-order valence-electron chi connectivity index (χ3n) is 4.23. The van der Waals surface area contributed by atoms with Crippen LogP contribution in [0.2, 0.25) is 0 Å². The number of rotatable bonds is 9. The van der Waals surface area contributed by atoms with Crippen LogP contribution < -0.4 is 20.1 Å². The van der Waals surface area contributed by atoms with Crippen LogP contribution in [0.15, 0.2) is 53.5 Å². The molecule has 0 bridgehead atoms. The van der Waals surface area contributed by atoms with E-state index in [9.17, 15) is 4.79 Å². The second-order valence-electron chi connectivity index (χ2n) is 6.63. The molecule has 0 atom stereocenters. The van der Waals surface area contributed by atoms with Crippen molar-refractivity contribution < 1.29 is 14.3 Å². The summed E-state index contributed by atoms with van der Waals surface area (Å²) >= 11 is 0. The quantitative estimate of drug-likeness (QED) is 0.227. The molecule has 0 spiro atoms. The molecule has 0 aliphatic heterocycles. The largest absolute Gasteiger partial charge is 0.497 e. The van der Waals surface area contributed by atoms with Gasteiger partial charge < -0.3 is 25.0 Å². The van der Waals surface area contributed by atoms with Gasteiger partial charge in [-0.05, 0) is 48.4 Å². The maximum atomic E-state index is 11.9. The summed E-state index contributed by atoms with van der Waals surface area (Å²) in [6.45, 7) is 1.97. The number of aliphatic imine (C=N–C) groups is 1. The van der Waals surface area contributed by atoms with E-state index in [-0.39, 0.29) is 29.9 Å². The lowest BCUT2D eigenvalue weighted by Gasteiger charge is -2.13. The minimum atomic E-state index is -0.00107. The van der Waals surface area contributed by atoms with E-state index in [0.717, 1.165) is 36.0 Å². The van der Waals surface area contributed by atoms with Crippen LogP contribution >= 0.6 is 24.0 Å². The van der Waals surface area contributed by atoms with Gasteiger partial charge in [-0.2, -0.15) is 0 Å². The van der Waals surface area contributed by atoms with Crippen molar-refractivity contribution in [3.63, 3.8) is 0 Å². The highest BCUT2D eigenvalue weighted by molar-refractivity contribution is 14.0. The molecule has 0 fully saturated rings. The molecule has 2 aromatic rings. The first-order valence-electron chi connectivity index (χ1n) is 9.55. The van der Waals surface area contributed by atoms with Crippen molar-refractivity contribution in [2.75, 3.05) is 41.4 Å². The van der Waals surface area contributed by atoms with Gasteiger partial charge in [0, 0.05) is 39.8 Å². The van der Waals surface area contributed by atoms with Gasteiger partial charge in [-0.1, -0.05) is 12.1 Å². The maximum Gasteiger partial charge on any atom is 0.253 e. The normalized spacial score (nSPS) is 10.6. The molecule has 2 rings (SSSR count). The van der Waals surface area contributed by atoms with Gasteiger partial charge in [-0.15, -0.1) is 24.0 Å². The number of halogens is 1. The fraction of sp³-hybridized carbons (Fsp3) is 0.364. The predicted octanol–water partition coefficient (Wildman–Crippen LogP) is 3.15. The number of ether oxygens (including phenoxy) is 2. The molecule has 1 amide bonds. The topological polar surface area (TPSA) is 75.2 Å². The van der Waals surface area contributed by atoms with E-state index in [1.54, 1.807) is 33.2 Å². The van der Waals surface area contributed by atoms with E-state index in [1.165, 1.54) is 0 Å². The van der Waals surface area contributed by atoms with Crippen molar-refractivity contribution in [3.05, 3.63) is 59.7 Å². The second kappa shape index (κ2) is 13.7. The van der Waals surface area contributed by atoms with Crippen molar-refractivity contribution >= 4 is 35.8 Å². The highest BCUT2D eigenvalue weighted by Crippen LogP contribution is 2.16. The summed E-state index contributed by atoms with van der Waals surface area (Å²) in [5.41, 5.74) is 1.75. The number of benzene rings is 2. The van der Waals surface area contributed by atoms with Crippen LogP contribution in [0.1, 0.15) is 22.3 Å². The number of methoxy groups -OCH3 is 1. The Balaban J connectivity index is 0.00000450. The molecule has 0 aliphatic carbocycles. The highest BCUT2D eigenvalue weighted by Gasteiger charge is 2.07. The van der Waals surface area contributed by atoms with Crippen LogP contribution in [0.3, 0.4) is 0 Å². The minimum absolute atomic E-state index is 0. The van der Waals surface area contributed by atoms with Crippen molar-refractivity contribution in [1.82, 2.24) is 15.5 Å². The summed E-state index contributed by atoms with van der Waals surface area (Å²) < 4.78 is 10.8. The first-order chi connectivity index (χ1) is 14.0. The first-order valence-corrected chi connectivity index (χ1v) is 9.55. The Morgan fingerprint density at radius 2 is 1.63 bits per heavy atom. The van der Waals surface area contributed by atoms with Gasteiger partial charge in [-0.25, -0.2) is 0 Å². The molecule has 7 nitrogen and oxygen atoms in total. The Hall–Kier alpha value is -2.49. The van der Waals surface area contributed by atoms with E-state index in [1.807, 2.05) is 48.5 Å². The van der Waals surface area contributed by atoms with Crippen molar-refractivity contribution in [2.45, 2.75) is 13.0 Å². The molecule has 164 valence electrons. The Kier molecular flexibility index (Phi) is 11.7. The lowest BCUT2D eigenvalue weighted by Crippen LogP contribution is -2.37. The third-order valence-corrected chi connectivity index (χ3v) is 4.23. The molecule has 0 radical (unpaired) electrons. The van der Waals surface area contributed by atoms with Crippen LogP contribution in [0.5, 0.6) is 11.5 Å². The summed E-state index contributed by atoms with van der Waals surface area (Å²) in [6, 6.07) is 15.1. The van der Waals surface area contributed by atoms with Crippen molar-refractivity contribution in [1.29, 1.82) is 0 Å². The van der Waals surface area contributed by atoms with E-state index in [0.29, 0.717) is 18.7 Å². The average Bonchev–Trinajstić information content (AvgIpc) is 2.75. The molecular formula is C22H31IN4O3. The van der Waals surface area contributed by atoms with E-state index >= 15 is 0 Å². The SMILES string of the molecule is CN=C(NCCCOc1ccc(OC)cc1)NCc1ccc(C(=O)N(C)C)cc1.I. The smallest absolute Gasteiger partial charge is 0.253 e. The lowest BCUT2D eigenvalue weighted by atomic mass is 10.1. The molecule has 8 heteroatoms. The van der Waals surface area contributed by atoms with Crippen molar-refractivity contribution in [2.24, 2.45) is 4.99 Å². The molecule has 0 saturated heterocycles. The molecular weight excluding hydrogens is 495 g/mol. The van der Waals surface area contributed by atoms with Gasteiger partial charge in [0.25, 0.3) is 5.91 Å². The van der Waals surface area contributed by atoms with Crippen LogP contribution in [0, 0.1) is 0 Å². The molecule has 0 aromatic heterocycles. The van der Waals surface area contributed by atoms with Gasteiger partial charge in [0.2, 0.25) is 0 Å². The van der Waals surface area contributed by atoms with Gasteiger partial charge in [-0.3, -0.25) is 9.79 Å². The molecule has 2 aromatic carbocycles. The maximum absolute atomic E-state index is 11.9. The number of nitrogens with zero attached hydrogens (tertiary/aromatic N) is 2. The first kappa shape index (κ1) is 25.5. The zero-order valence-corrected chi connectivity index (χ0v) is 20.3. The summed E-state index contributed by atoms with van der Waals surface area (Å²) in [7, 11) is 6.87. The Morgan fingerprint density at radius 1 is 1.00 bits per heavy atom. The van der Waals surface area contributed by atoms with Gasteiger partial charge in [0.1, 0.15) is 11.5 Å². The number of carbonyl (C=O) groups is 1. The monoisotopic (exact) mass is 526 g/mol. The molecule has 0 aliphatic rings. The number of nitrogens with one attached hydrogen (secondary N) is 2. The molecule has 0 unspecified atom stereocenters. The second-order valence-corrected chi connectivity index (χ2v) is 6.63. The van der Waals surface area contributed by atoms with E-state index in [4.69, 9.17) is 9.47 Å². The average molecular weight is 526 g/mol. The Morgan fingerprint density at radius 3 is 2.20 bits per heavy atom. The van der Waals surface area contributed by atoms with Crippen LogP contribution in [-0.4, -0.2) is 58.2 Å². The highest BCUT2D eigenvalue weighted by atomic mass is 127. The van der Waals surface area contributed by atoms with E-state index in [2.05, 4.69) is 15.6 Å². The predicted molar refractivity (Wildman–Crippen MR) is 131 cm³/mol. The van der Waals surface area contributed by atoms with Crippen LogP contribution in [-0.2, 0) is 6.54 Å². The van der Waals surface area contributed by atoms with Gasteiger partial charge in [0.05, 0.1) is 13.7 Å². The molecule has 0 heterocycles. The summed E-state index contributed by atoms with van der Waals surface area (Å²) in [5, 5.41) is 6.53. The standard InChI is InChI=1S/C22H30N4O3.HI/c1-23-22(24-14-5-15-29-20-12-10-19(28-4)11-13-20)25-16-17-6-8-18(9-7-17)21(27)26(2)3;/h6-13H,5,14-16H2,1-4H3,(H2,23,24,25);1H. The number of hydrogen-bond acceptors (Lipinski definition) is 4. The zero-order chi connectivity index (χ0) is 21.1. The number of amides is 1. The summed E-state index contributed by atoms with van der Waals surface area (Å²) in [4.78, 5) is 17.7. The lowest BCUT2D eigenvalue weighted by molar-refractivity contribution is 0.0827. The Labute approximate surface area is 195 Å². The Bertz CT molecular complexity index is 793. The fourth-order valence-electron chi connectivity index (χ4n) is 2.57. The number of guanidine groups is 1. The third kappa shape index (κ3) is 8.48. The van der Waals surface area contributed by atoms with Crippen LogP contribution in [0.4, 0.5) is 0 Å². The molecule has 2 N–H and O–H groups in total. The van der Waals surface area contributed by atoms with Gasteiger partial charge in [0.15, 0.2) is 5.96 Å². The number of hydrogen-bond donors (Lipinski definition) is 2. The molecule has 30 heavy (non-hydrogen) atoms. The van der Waals surface area contributed by atoms with Crippen molar-refractivity contribution in [3.8, 4) is 11.5 Å². The van der Waals surface area contributed by atoms with Gasteiger partial charge >= 0.3 is 0 Å². The van der Waals surface area contributed by atoms with E-state index < -0.39 is 0 Å². The molecule has 0 saturated carbocycles. The number of carbonyl (C=O) groups excluding carboxylic acids is 1. The summed E-state index contributed by atoms with van der Waals surface area (Å²) in [5.74, 6) is 2.36.